The molecule has 0 aromatic rings. The molecule has 0 spiro atoms. The van der Waals surface area contributed by atoms with Crippen LogP contribution in [0.5, 0.6) is 0 Å². The van der Waals surface area contributed by atoms with Crippen LogP contribution in [0.15, 0.2) is 0 Å². The van der Waals surface area contributed by atoms with Gasteiger partial charge in [0.2, 0.25) is 0 Å². The average molecular weight is 212 g/mol. The van der Waals surface area contributed by atoms with Crippen molar-refractivity contribution in [3.63, 3.8) is 0 Å². The van der Waals surface area contributed by atoms with Gasteiger partial charge in [0.25, 0.3) is 0 Å². The molecule has 15 heavy (non-hydrogen) atoms. The van der Waals surface area contributed by atoms with E-state index in [1.165, 1.54) is 45.6 Å². The van der Waals surface area contributed by atoms with Crippen molar-refractivity contribution >= 4 is 5.97 Å². The van der Waals surface area contributed by atoms with Crippen LogP contribution in [0, 0.1) is 11.8 Å². The van der Waals surface area contributed by atoms with E-state index in [-0.39, 0.29) is 5.97 Å². The number of hydrogen-bond acceptors (Lipinski definition) is 2. The molecule has 0 saturated heterocycles. The summed E-state index contributed by atoms with van der Waals surface area (Å²) in [7, 11) is 1.46. The number of hydrogen-bond donors (Lipinski definition) is 0. The van der Waals surface area contributed by atoms with Crippen LogP contribution in [0.3, 0.4) is 0 Å². The summed E-state index contributed by atoms with van der Waals surface area (Å²) in [4.78, 5) is 10.9. The van der Waals surface area contributed by atoms with Gasteiger partial charge in [0.1, 0.15) is 0 Å². The van der Waals surface area contributed by atoms with E-state index in [0.717, 1.165) is 18.3 Å². The highest BCUT2D eigenvalue weighted by atomic mass is 16.5. The van der Waals surface area contributed by atoms with Crippen LogP contribution in [0.4, 0.5) is 0 Å². The predicted octanol–water partition coefficient (Wildman–Crippen LogP) is 3.55. The van der Waals surface area contributed by atoms with Gasteiger partial charge < -0.3 is 4.74 Å². The number of esters is 1. The van der Waals surface area contributed by atoms with Crippen LogP contribution in [-0.2, 0) is 9.53 Å². The van der Waals surface area contributed by atoms with Gasteiger partial charge in [-0.05, 0) is 24.7 Å². The second-order valence-corrected chi connectivity index (χ2v) is 4.96. The van der Waals surface area contributed by atoms with Crippen molar-refractivity contribution in [2.75, 3.05) is 7.11 Å². The molecule has 1 atom stereocenters. The zero-order valence-electron chi connectivity index (χ0n) is 10.1. The summed E-state index contributed by atoms with van der Waals surface area (Å²) in [5.41, 5.74) is 0. The van der Waals surface area contributed by atoms with E-state index >= 15 is 0 Å². The Balaban J connectivity index is 2.02. The molecule has 1 fully saturated rings. The fourth-order valence-electron chi connectivity index (χ4n) is 2.63. The van der Waals surface area contributed by atoms with Gasteiger partial charge >= 0.3 is 5.97 Å². The zero-order valence-corrected chi connectivity index (χ0v) is 10.1. The first-order chi connectivity index (χ1) is 7.22. The van der Waals surface area contributed by atoms with Crippen molar-refractivity contribution in [3.05, 3.63) is 0 Å². The third kappa shape index (κ3) is 5.19. The quantitative estimate of drug-likeness (QED) is 0.629. The highest BCUT2D eigenvalue weighted by Crippen LogP contribution is 2.31. The Hall–Kier alpha value is -0.530. The molecule has 1 aliphatic rings. The average Bonchev–Trinajstić information content (AvgIpc) is 2.70. The van der Waals surface area contributed by atoms with Crippen molar-refractivity contribution in [1.82, 2.24) is 0 Å². The van der Waals surface area contributed by atoms with Crippen LogP contribution in [0.1, 0.15) is 58.3 Å². The minimum atomic E-state index is -0.0666. The molecule has 0 aromatic carbocycles. The smallest absolute Gasteiger partial charge is 0.305 e. The molecule has 2 nitrogen and oxygen atoms in total. The Morgan fingerprint density at radius 2 is 2.07 bits per heavy atom. The fourth-order valence-corrected chi connectivity index (χ4v) is 2.63. The molecular weight excluding hydrogens is 188 g/mol. The van der Waals surface area contributed by atoms with E-state index in [2.05, 4.69) is 11.7 Å². The Labute approximate surface area is 93.4 Å². The first kappa shape index (κ1) is 12.5. The van der Waals surface area contributed by atoms with Gasteiger partial charge in [-0.3, -0.25) is 4.79 Å². The SMILES string of the molecule is COC(=O)CCCC(C)CC1CCCC1. The van der Waals surface area contributed by atoms with Crippen LogP contribution in [0.2, 0.25) is 0 Å². The molecule has 0 N–H and O–H groups in total. The van der Waals surface area contributed by atoms with Gasteiger partial charge in [0, 0.05) is 6.42 Å². The molecular formula is C13H24O2. The van der Waals surface area contributed by atoms with Gasteiger partial charge in [-0.25, -0.2) is 0 Å². The molecule has 1 rings (SSSR count). The molecule has 1 aliphatic carbocycles. The highest BCUT2D eigenvalue weighted by Gasteiger charge is 2.17. The molecule has 0 aromatic heterocycles. The summed E-state index contributed by atoms with van der Waals surface area (Å²) in [6.45, 7) is 2.32. The number of ether oxygens (including phenoxy) is 1. The highest BCUT2D eigenvalue weighted by molar-refractivity contribution is 5.68. The molecule has 0 amide bonds. The van der Waals surface area contributed by atoms with E-state index < -0.39 is 0 Å². The van der Waals surface area contributed by atoms with Gasteiger partial charge in [-0.15, -0.1) is 0 Å². The Kier molecular flexibility index (Phi) is 5.74. The van der Waals surface area contributed by atoms with Crippen LogP contribution >= 0.6 is 0 Å². The zero-order chi connectivity index (χ0) is 11.1. The van der Waals surface area contributed by atoms with E-state index in [9.17, 15) is 4.79 Å². The molecule has 0 aliphatic heterocycles. The lowest BCUT2D eigenvalue weighted by molar-refractivity contribution is -0.140. The van der Waals surface area contributed by atoms with Gasteiger partial charge in [0.05, 0.1) is 7.11 Å². The van der Waals surface area contributed by atoms with E-state index in [1.54, 1.807) is 0 Å². The first-order valence-corrected chi connectivity index (χ1v) is 6.29. The molecule has 0 heterocycles. The number of rotatable bonds is 6. The van der Waals surface area contributed by atoms with E-state index in [1.807, 2.05) is 0 Å². The normalized spacial score (nSPS) is 19.1. The van der Waals surface area contributed by atoms with Gasteiger partial charge in [-0.1, -0.05) is 39.0 Å². The maximum atomic E-state index is 10.9. The number of carbonyl (C=O) groups is 1. The van der Waals surface area contributed by atoms with Crippen LogP contribution in [-0.4, -0.2) is 13.1 Å². The van der Waals surface area contributed by atoms with Crippen LogP contribution < -0.4 is 0 Å². The second kappa shape index (κ2) is 6.86. The lowest BCUT2D eigenvalue weighted by atomic mass is 9.91. The number of methoxy groups -OCH3 is 1. The van der Waals surface area contributed by atoms with Crippen LogP contribution in [0.25, 0.3) is 0 Å². The largest absolute Gasteiger partial charge is 0.469 e. The molecule has 1 unspecified atom stereocenters. The molecule has 0 bridgehead atoms. The summed E-state index contributed by atoms with van der Waals surface area (Å²) >= 11 is 0. The maximum Gasteiger partial charge on any atom is 0.305 e. The summed E-state index contributed by atoms with van der Waals surface area (Å²) in [5, 5.41) is 0. The Morgan fingerprint density at radius 1 is 1.40 bits per heavy atom. The topological polar surface area (TPSA) is 26.3 Å². The minimum Gasteiger partial charge on any atom is -0.469 e. The third-order valence-electron chi connectivity index (χ3n) is 3.52. The fraction of sp³-hybridized carbons (Fsp3) is 0.923. The van der Waals surface area contributed by atoms with Crippen molar-refractivity contribution in [1.29, 1.82) is 0 Å². The third-order valence-corrected chi connectivity index (χ3v) is 3.52. The van der Waals surface area contributed by atoms with Crippen molar-refractivity contribution in [2.24, 2.45) is 11.8 Å². The molecule has 88 valence electrons. The number of carbonyl (C=O) groups excluding carboxylic acids is 1. The van der Waals surface area contributed by atoms with Crippen molar-refractivity contribution in [2.45, 2.75) is 58.3 Å². The lowest BCUT2D eigenvalue weighted by Gasteiger charge is -2.15. The van der Waals surface area contributed by atoms with Gasteiger partial charge in [-0.2, -0.15) is 0 Å². The van der Waals surface area contributed by atoms with Gasteiger partial charge in [0.15, 0.2) is 0 Å². The maximum absolute atomic E-state index is 10.9. The lowest BCUT2D eigenvalue weighted by Crippen LogP contribution is -2.05. The second-order valence-electron chi connectivity index (χ2n) is 4.96. The van der Waals surface area contributed by atoms with Crippen molar-refractivity contribution in [3.8, 4) is 0 Å². The van der Waals surface area contributed by atoms with E-state index in [4.69, 9.17) is 0 Å². The summed E-state index contributed by atoms with van der Waals surface area (Å²) in [5.74, 6) is 1.68. The summed E-state index contributed by atoms with van der Waals surface area (Å²) < 4.78 is 4.63. The molecule has 0 radical (unpaired) electrons. The summed E-state index contributed by atoms with van der Waals surface area (Å²) in [6, 6.07) is 0. The minimum absolute atomic E-state index is 0.0666. The molecule has 2 heteroatoms. The van der Waals surface area contributed by atoms with E-state index in [0.29, 0.717) is 6.42 Å². The first-order valence-electron chi connectivity index (χ1n) is 6.29. The van der Waals surface area contributed by atoms with Crippen molar-refractivity contribution < 1.29 is 9.53 Å². The molecule has 1 saturated carbocycles. The summed E-state index contributed by atoms with van der Waals surface area (Å²) in [6.07, 6.45) is 9.83. The monoisotopic (exact) mass is 212 g/mol. The standard InChI is InChI=1S/C13H24O2/c1-11(6-5-9-13(14)15-2)10-12-7-3-4-8-12/h11-12H,3-10H2,1-2H3. The Morgan fingerprint density at radius 3 is 2.67 bits per heavy atom. The predicted molar refractivity (Wildman–Crippen MR) is 61.6 cm³/mol. The Bertz CT molecular complexity index is 183.